The number of nitrogens with zero attached hydrogens (tertiary/aromatic N) is 4. The highest BCUT2D eigenvalue weighted by molar-refractivity contribution is 5.62. The van der Waals surface area contributed by atoms with Crippen LogP contribution >= 0.6 is 0 Å². The molecule has 1 aliphatic heterocycles. The molecule has 3 N–H and O–H groups in total. The molecule has 8 nitrogen and oxygen atoms in total. The highest BCUT2D eigenvalue weighted by Gasteiger charge is 2.26. The molecule has 0 amide bonds. The van der Waals surface area contributed by atoms with Crippen LogP contribution in [0.2, 0.25) is 0 Å². The van der Waals surface area contributed by atoms with E-state index in [0.29, 0.717) is 17.1 Å². The van der Waals surface area contributed by atoms with E-state index in [4.69, 9.17) is 4.74 Å². The van der Waals surface area contributed by atoms with Gasteiger partial charge in [-0.25, -0.2) is 14.1 Å². The number of methoxy groups -OCH3 is 1. The van der Waals surface area contributed by atoms with Crippen LogP contribution in [0.15, 0.2) is 29.8 Å². The van der Waals surface area contributed by atoms with Crippen LogP contribution in [0.1, 0.15) is 38.1 Å². The third kappa shape index (κ3) is 4.68. The van der Waals surface area contributed by atoms with Gasteiger partial charge in [-0.2, -0.15) is 5.10 Å². The van der Waals surface area contributed by atoms with Gasteiger partial charge in [-0.05, 0) is 45.4 Å². The lowest BCUT2D eigenvalue weighted by Gasteiger charge is -2.24. The summed E-state index contributed by atoms with van der Waals surface area (Å²) in [5.74, 6) is 0.415. The second-order valence-corrected chi connectivity index (χ2v) is 7.78. The fourth-order valence-electron chi connectivity index (χ4n) is 3.39. The van der Waals surface area contributed by atoms with Crippen molar-refractivity contribution in [3.8, 4) is 5.75 Å². The van der Waals surface area contributed by atoms with Crippen LogP contribution in [0.3, 0.4) is 0 Å². The first-order valence-electron chi connectivity index (χ1n) is 9.92. The summed E-state index contributed by atoms with van der Waals surface area (Å²) in [5.41, 5.74) is -0.365. The molecule has 2 aromatic rings. The van der Waals surface area contributed by atoms with Crippen molar-refractivity contribution >= 4 is 11.5 Å². The lowest BCUT2D eigenvalue weighted by Crippen LogP contribution is -2.38. The second-order valence-electron chi connectivity index (χ2n) is 7.78. The summed E-state index contributed by atoms with van der Waals surface area (Å²) in [5, 5.41) is 21.6. The van der Waals surface area contributed by atoms with E-state index in [-0.39, 0.29) is 23.1 Å². The monoisotopic (exact) mass is 416 g/mol. The zero-order valence-electron chi connectivity index (χ0n) is 17.9. The maximum atomic E-state index is 14.7. The largest absolute Gasteiger partial charge is 0.495 e. The van der Waals surface area contributed by atoms with Crippen LogP contribution in [0.25, 0.3) is 5.70 Å². The molecule has 0 bridgehead atoms. The maximum Gasteiger partial charge on any atom is 0.153 e. The van der Waals surface area contributed by atoms with Crippen molar-refractivity contribution in [1.29, 1.82) is 0 Å². The molecule has 0 saturated carbocycles. The van der Waals surface area contributed by atoms with E-state index in [1.54, 1.807) is 33.0 Å². The van der Waals surface area contributed by atoms with E-state index >= 15 is 0 Å². The Hall–Kier alpha value is -2.78. The summed E-state index contributed by atoms with van der Waals surface area (Å²) in [6.45, 7) is 9.03. The number of pyridine rings is 1. The maximum absolute atomic E-state index is 14.7. The molecule has 0 aromatic carbocycles. The highest BCUT2D eigenvalue weighted by atomic mass is 19.1. The van der Waals surface area contributed by atoms with Gasteiger partial charge in [0.15, 0.2) is 11.3 Å². The van der Waals surface area contributed by atoms with E-state index in [0.717, 1.165) is 25.9 Å². The zero-order chi connectivity index (χ0) is 21.9. The third-order valence-electron chi connectivity index (χ3n) is 4.96. The molecule has 1 unspecified atom stereocenters. The summed E-state index contributed by atoms with van der Waals surface area (Å²) >= 11 is 0. The Labute approximate surface area is 175 Å². The Morgan fingerprint density at radius 2 is 2.23 bits per heavy atom. The van der Waals surface area contributed by atoms with Crippen LogP contribution in [0, 0.1) is 5.82 Å². The van der Waals surface area contributed by atoms with Gasteiger partial charge in [-0.1, -0.05) is 6.58 Å². The van der Waals surface area contributed by atoms with E-state index in [1.165, 1.54) is 17.9 Å². The van der Waals surface area contributed by atoms with Crippen molar-refractivity contribution < 1.29 is 14.2 Å². The summed E-state index contributed by atoms with van der Waals surface area (Å²) in [4.78, 5) is 8.64. The predicted octanol–water partition coefficient (Wildman–Crippen LogP) is 1.87. The minimum absolute atomic E-state index is 0.0537. The lowest BCUT2D eigenvalue weighted by atomic mass is 10.0. The molecule has 0 spiro atoms. The molecule has 162 valence electrons. The van der Waals surface area contributed by atoms with Crippen LogP contribution < -0.4 is 20.9 Å². The average molecular weight is 417 g/mol. The molecule has 0 aliphatic carbocycles. The molecule has 1 aliphatic rings. The molecule has 30 heavy (non-hydrogen) atoms. The SMILES string of the molecule is C=C(c1nc(NC2CCCNC2)ccc1F)n1nc(C(C)(C)O)c(OC)cc1=NC. The van der Waals surface area contributed by atoms with Gasteiger partial charge in [0.25, 0.3) is 0 Å². The number of aliphatic hydroxyl groups is 1. The number of nitrogens with one attached hydrogen (secondary N) is 2. The van der Waals surface area contributed by atoms with Gasteiger partial charge in [0.2, 0.25) is 0 Å². The number of rotatable bonds is 6. The zero-order valence-corrected chi connectivity index (χ0v) is 17.9. The molecule has 2 aromatic heterocycles. The Balaban J connectivity index is 2.02. The van der Waals surface area contributed by atoms with Crippen molar-refractivity contribution in [1.82, 2.24) is 20.1 Å². The van der Waals surface area contributed by atoms with E-state index in [1.807, 2.05) is 0 Å². The first kappa shape index (κ1) is 21.9. The normalized spacial score (nSPS) is 17.7. The van der Waals surface area contributed by atoms with Crippen LogP contribution in [-0.4, -0.2) is 53.2 Å². The number of piperidine rings is 1. The van der Waals surface area contributed by atoms with Gasteiger partial charge in [0.05, 0.1) is 12.8 Å². The van der Waals surface area contributed by atoms with Crippen LogP contribution in [0.5, 0.6) is 5.75 Å². The van der Waals surface area contributed by atoms with E-state index < -0.39 is 11.4 Å². The molecule has 0 radical (unpaired) electrons. The van der Waals surface area contributed by atoms with Gasteiger partial charge in [0.1, 0.15) is 28.6 Å². The summed E-state index contributed by atoms with van der Waals surface area (Å²) < 4.78 is 21.4. The number of hydrogen-bond acceptors (Lipinski definition) is 7. The molecule has 1 fully saturated rings. The van der Waals surface area contributed by atoms with E-state index in [2.05, 4.69) is 32.3 Å². The van der Waals surface area contributed by atoms with Gasteiger partial charge in [-0.15, -0.1) is 0 Å². The lowest BCUT2D eigenvalue weighted by molar-refractivity contribution is 0.0688. The smallest absolute Gasteiger partial charge is 0.153 e. The number of aromatic nitrogens is 3. The highest BCUT2D eigenvalue weighted by Crippen LogP contribution is 2.27. The fraction of sp³-hybridized carbons (Fsp3) is 0.476. The number of ether oxygens (including phenoxy) is 1. The van der Waals surface area contributed by atoms with Crippen LogP contribution in [0.4, 0.5) is 10.2 Å². The molecule has 1 atom stereocenters. The standard InChI is InChI=1S/C21H29FN6O2/c1-13(28-18(23-4)11-16(30-5)20(27-28)21(2,3)29)19-15(22)8-9-17(26-19)25-14-7-6-10-24-12-14/h8-9,11,14,24,29H,1,6-7,10,12H2,2-5H3,(H,25,26). The summed E-state index contributed by atoms with van der Waals surface area (Å²) in [6.07, 6.45) is 2.09. The number of hydrogen-bond donors (Lipinski definition) is 3. The second kappa shape index (κ2) is 8.93. The Morgan fingerprint density at radius 1 is 1.47 bits per heavy atom. The molecule has 9 heteroatoms. The number of anilines is 1. The van der Waals surface area contributed by atoms with Gasteiger partial charge < -0.3 is 20.5 Å². The Bertz CT molecular complexity index is 990. The molecule has 3 heterocycles. The average Bonchev–Trinajstić information content (AvgIpc) is 2.73. The van der Waals surface area contributed by atoms with Gasteiger partial charge in [-0.3, -0.25) is 4.99 Å². The van der Waals surface area contributed by atoms with Crippen molar-refractivity contribution in [3.05, 3.63) is 47.5 Å². The minimum Gasteiger partial charge on any atom is -0.495 e. The topological polar surface area (TPSA) is 96.6 Å². The number of halogens is 1. The van der Waals surface area contributed by atoms with E-state index in [9.17, 15) is 9.50 Å². The third-order valence-corrected chi connectivity index (χ3v) is 4.96. The molecule has 3 rings (SSSR count). The Morgan fingerprint density at radius 3 is 2.83 bits per heavy atom. The quantitative estimate of drug-likeness (QED) is 0.665. The summed E-state index contributed by atoms with van der Waals surface area (Å²) in [7, 11) is 3.07. The molecular weight excluding hydrogens is 387 g/mol. The van der Waals surface area contributed by atoms with Crippen LogP contribution in [-0.2, 0) is 5.60 Å². The van der Waals surface area contributed by atoms with Gasteiger partial charge >= 0.3 is 0 Å². The molecule has 1 saturated heterocycles. The summed E-state index contributed by atoms with van der Waals surface area (Å²) in [6, 6.07) is 4.82. The van der Waals surface area contributed by atoms with Crippen molar-refractivity contribution in [2.75, 3.05) is 32.6 Å². The minimum atomic E-state index is -1.29. The molecular formula is C21H29FN6O2. The Kier molecular flexibility index (Phi) is 6.52. The predicted molar refractivity (Wildman–Crippen MR) is 114 cm³/mol. The van der Waals surface area contributed by atoms with Gasteiger partial charge in [0, 0.05) is 25.7 Å². The first-order chi connectivity index (χ1) is 14.2. The first-order valence-corrected chi connectivity index (χ1v) is 9.92. The van der Waals surface area contributed by atoms with Crippen molar-refractivity contribution in [2.24, 2.45) is 4.99 Å². The fourth-order valence-corrected chi connectivity index (χ4v) is 3.39. The van der Waals surface area contributed by atoms with Crippen molar-refractivity contribution in [3.63, 3.8) is 0 Å². The van der Waals surface area contributed by atoms with Crippen molar-refractivity contribution in [2.45, 2.75) is 38.3 Å².